The molecule has 0 aliphatic rings. The second kappa shape index (κ2) is 14.5. The van der Waals surface area contributed by atoms with E-state index in [1.54, 1.807) is 0 Å². The van der Waals surface area contributed by atoms with Gasteiger partial charge in [-0.25, -0.2) is 0 Å². The highest BCUT2D eigenvalue weighted by molar-refractivity contribution is 5.75. The highest BCUT2D eigenvalue weighted by atomic mass is 16.1. The Kier molecular flexibility index (Phi) is 14.0. The SMILES string of the molecule is CCCCCCCCCCCCNC(=O)CC[NH]. The maximum atomic E-state index is 11.1. The van der Waals surface area contributed by atoms with Gasteiger partial charge in [-0.15, -0.1) is 0 Å². The number of unbranched alkanes of at least 4 members (excludes halogenated alkanes) is 9. The van der Waals surface area contributed by atoms with Crippen molar-refractivity contribution in [2.75, 3.05) is 13.1 Å². The van der Waals surface area contributed by atoms with Gasteiger partial charge < -0.3 is 5.32 Å². The van der Waals surface area contributed by atoms with Crippen LogP contribution in [0, 0.1) is 0 Å². The monoisotopic (exact) mass is 255 g/mol. The Bertz CT molecular complexity index is 183. The van der Waals surface area contributed by atoms with Crippen molar-refractivity contribution in [3.05, 3.63) is 0 Å². The summed E-state index contributed by atoms with van der Waals surface area (Å²) in [6.07, 6.45) is 13.6. The topological polar surface area (TPSA) is 52.9 Å². The summed E-state index contributed by atoms with van der Waals surface area (Å²) in [5.41, 5.74) is 6.93. The van der Waals surface area contributed by atoms with Gasteiger partial charge in [0.2, 0.25) is 5.91 Å². The third-order valence-corrected chi connectivity index (χ3v) is 3.20. The van der Waals surface area contributed by atoms with Gasteiger partial charge in [0, 0.05) is 19.5 Å². The van der Waals surface area contributed by atoms with Gasteiger partial charge >= 0.3 is 0 Å². The minimum absolute atomic E-state index is 0.0286. The van der Waals surface area contributed by atoms with Gasteiger partial charge in [-0.1, -0.05) is 64.7 Å². The van der Waals surface area contributed by atoms with E-state index in [-0.39, 0.29) is 12.5 Å². The molecule has 0 aliphatic heterocycles. The van der Waals surface area contributed by atoms with Crippen molar-refractivity contribution in [3.8, 4) is 0 Å². The lowest BCUT2D eigenvalue weighted by molar-refractivity contribution is -0.120. The van der Waals surface area contributed by atoms with Crippen LogP contribution in [0.15, 0.2) is 0 Å². The number of hydrogen-bond acceptors (Lipinski definition) is 1. The Morgan fingerprint density at radius 2 is 1.39 bits per heavy atom. The first-order valence-electron chi connectivity index (χ1n) is 7.72. The Hall–Kier alpha value is -0.570. The molecule has 18 heavy (non-hydrogen) atoms. The lowest BCUT2D eigenvalue weighted by Crippen LogP contribution is -2.25. The first kappa shape index (κ1) is 17.4. The van der Waals surface area contributed by atoms with Crippen molar-refractivity contribution in [3.63, 3.8) is 0 Å². The van der Waals surface area contributed by atoms with Gasteiger partial charge in [0.1, 0.15) is 0 Å². The van der Waals surface area contributed by atoms with Gasteiger partial charge in [-0.2, -0.15) is 0 Å². The Balaban J connectivity index is 3.01. The fraction of sp³-hybridized carbons (Fsp3) is 0.933. The van der Waals surface area contributed by atoms with Gasteiger partial charge in [0.25, 0.3) is 0 Å². The predicted octanol–water partition coefficient (Wildman–Crippen LogP) is 3.70. The normalized spacial score (nSPS) is 10.6. The molecule has 3 heteroatoms. The van der Waals surface area contributed by atoms with E-state index in [1.807, 2.05) is 0 Å². The van der Waals surface area contributed by atoms with Crippen LogP contribution in [0.1, 0.15) is 77.6 Å². The molecule has 0 aromatic heterocycles. The van der Waals surface area contributed by atoms with E-state index in [0.29, 0.717) is 6.42 Å². The summed E-state index contributed by atoms with van der Waals surface area (Å²) >= 11 is 0. The van der Waals surface area contributed by atoms with Crippen molar-refractivity contribution >= 4 is 5.91 Å². The van der Waals surface area contributed by atoms with E-state index in [1.165, 1.54) is 57.8 Å². The molecule has 0 aromatic rings. The number of carbonyl (C=O) groups excluding carboxylic acids is 1. The van der Waals surface area contributed by atoms with Crippen LogP contribution in [0.4, 0.5) is 0 Å². The fourth-order valence-corrected chi connectivity index (χ4v) is 2.04. The molecule has 0 fully saturated rings. The molecule has 0 saturated carbocycles. The summed E-state index contributed by atoms with van der Waals surface area (Å²) in [6.45, 7) is 3.24. The molecule has 2 N–H and O–H groups in total. The Morgan fingerprint density at radius 1 is 0.889 bits per heavy atom. The van der Waals surface area contributed by atoms with Crippen molar-refractivity contribution in [1.29, 1.82) is 0 Å². The Labute approximate surface area is 113 Å². The zero-order chi connectivity index (χ0) is 13.5. The van der Waals surface area contributed by atoms with E-state index in [2.05, 4.69) is 12.2 Å². The minimum Gasteiger partial charge on any atom is -0.356 e. The van der Waals surface area contributed by atoms with Gasteiger partial charge in [-0.3, -0.25) is 10.5 Å². The number of rotatable bonds is 13. The van der Waals surface area contributed by atoms with Crippen LogP contribution in [0.3, 0.4) is 0 Å². The maximum Gasteiger partial charge on any atom is 0.221 e. The molecule has 0 saturated heterocycles. The van der Waals surface area contributed by atoms with Gasteiger partial charge in [-0.05, 0) is 6.42 Å². The van der Waals surface area contributed by atoms with Crippen LogP contribution in [0.2, 0.25) is 0 Å². The molecule has 0 heterocycles. The smallest absolute Gasteiger partial charge is 0.221 e. The molecule has 0 unspecified atom stereocenters. The number of hydrogen-bond donors (Lipinski definition) is 1. The predicted molar refractivity (Wildman–Crippen MR) is 77.4 cm³/mol. The molecular weight excluding hydrogens is 224 g/mol. The molecule has 1 amide bonds. The molecule has 3 nitrogen and oxygen atoms in total. The van der Waals surface area contributed by atoms with E-state index in [9.17, 15) is 4.79 Å². The standard InChI is InChI=1S/C15H31N2O/c1-2-3-4-5-6-7-8-9-10-11-14-17-15(18)12-13-16/h16H,2-14H2,1H3,(H,17,18). The first-order chi connectivity index (χ1) is 8.81. The lowest BCUT2D eigenvalue weighted by atomic mass is 10.1. The molecule has 0 rings (SSSR count). The second-order valence-electron chi connectivity index (χ2n) is 5.03. The average Bonchev–Trinajstić information content (AvgIpc) is 2.36. The van der Waals surface area contributed by atoms with Crippen LogP contribution < -0.4 is 11.1 Å². The van der Waals surface area contributed by atoms with Gasteiger partial charge in [0.15, 0.2) is 0 Å². The van der Waals surface area contributed by atoms with E-state index < -0.39 is 0 Å². The third-order valence-electron chi connectivity index (χ3n) is 3.20. The van der Waals surface area contributed by atoms with Crippen LogP contribution in [-0.2, 0) is 4.79 Å². The van der Waals surface area contributed by atoms with Crippen LogP contribution >= 0.6 is 0 Å². The lowest BCUT2D eigenvalue weighted by Gasteiger charge is -2.04. The van der Waals surface area contributed by atoms with Gasteiger partial charge in [0.05, 0.1) is 0 Å². The molecule has 107 valence electrons. The van der Waals surface area contributed by atoms with Crippen LogP contribution in [-0.4, -0.2) is 19.0 Å². The maximum absolute atomic E-state index is 11.1. The summed E-state index contributed by atoms with van der Waals surface area (Å²) in [5, 5.41) is 2.85. The van der Waals surface area contributed by atoms with Crippen molar-refractivity contribution in [2.24, 2.45) is 0 Å². The number of nitrogens with one attached hydrogen (secondary N) is 2. The van der Waals surface area contributed by atoms with E-state index >= 15 is 0 Å². The van der Waals surface area contributed by atoms with E-state index in [0.717, 1.165) is 13.0 Å². The second-order valence-corrected chi connectivity index (χ2v) is 5.03. The molecule has 0 bridgehead atoms. The first-order valence-corrected chi connectivity index (χ1v) is 7.72. The summed E-state index contributed by atoms with van der Waals surface area (Å²) in [7, 11) is 0. The summed E-state index contributed by atoms with van der Waals surface area (Å²) < 4.78 is 0. The fourth-order valence-electron chi connectivity index (χ4n) is 2.04. The van der Waals surface area contributed by atoms with Crippen molar-refractivity contribution < 1.29 is 4.79 Å². The van der Waals surface area contributed by atoms with Crippen molar-refractivity contribution in [1.82, 2.24) is 11.1 Å². The van der Waals surface area contributed by atoms with E-state index in [4.69, 9.17) is 5.73 Å². The zero-order valence-corrected chi connectivity index (χ0v) is 12.1. The average molecular weight is 255 g/mol. The Morgan fingerprint density at radius 3 is 1.89 bits per heavy atom. The minimum atomic E-state index is 0.0286. The summed E-state index contributed by atoms with van der Waals surface area (Å²) in [5.74, 6) is 0.0286. The molecule has 0 spiro atoms. The van der Waals surface area contributed by atoms with Crippen LogP contribution in [0.5, 0.6) is 0 Å². The zero-order valence-electron chi connectivity index (χ0n) is 12.1. The molecule has 0 aromatic carbocycles. The number of amides is 1. The summed E-state index contributed by atoms with van der Waals surface area (Å²) in [4.78, 5) is 11.1. The summed E-state index contributed by atoms with van der Waals surface area (Å²) in [6, 6.07) is 0. The highest BCUT2D eigenvalue weighted by Gasteiger charge is 1.97. The molecule has 1 radical (unpaired) electrons. The quantitative estimate of drug-likeness (QED) is 0.501. The molecule has 0 atom stereocenters. The van der Waals surface area contributed by atoms with Crippen LogP contribution in [0.25, 0.3) is 0 Å². The third kappa shape index (κ3) is 13.5. The molecule has 0 aliphatic carbocycles. The molecular formula is C15H31N2O. The number of carbonyl (C=O) groups is 1. The van der Waals surface area contributed by atoms with Crippen molar-refractivity contribution in [2.45, 2.75) is 77.6 Å². The largest absolute Gasteiger partial charge is 0.356 e. The highest BCUT2D eigenvalue weighted by Crippen LogP contribution is 2.10.